The number of hydrogen-bond acceptors (Lipinski definition) is 4. The number of aromatic amines is 1. The van der Waals surface area contributed by atoms with Gasteiger partial charge in [0, 0.05) is 22.9 Å². The number of carboxylic acids is 1. The second kappa shape index (κ2) is 4.68. The van der Waals surface area contributed by atoms with E-state index in [1.54, 1.807) is 4.90 Å². The van der Waals surface area contributed by atoms with Crippen molar-refractivity contribution in [3.8, 4) is 0 Å². The number of aliphatic carboxylic acids is 1. The van der Waals surface area contributed by atoms with Crippen LogP contribution in [0.25, 0.3) is 21.9 Å². The molecular weight excluding hydrogens is 323 g/mol. The van der Waals surface area contributed by atoms with Gasteiger partial charge in [0.1, 0.15) is 17.8 Å². The summed E-state index contributed by atoms with van der Waals surface area (Å²) in [6, 6.07) is 7.78. The molecule has 1 unspecified atom stereocenters. The highest BCUT2D eigenvalue weighted by atomic mass is 19.1. The van der Waals surface area contributed by atoms with Gasteiger partial charge in [-0.2, -0.15) is 0 Å². The first-order chi connectivity index (χ1) is 12.0. The number of aromatic nitrogens is 3. The van der Waals surface area contributed by atoms with Crippen LogP contribution in [0.3, 0.4) is 0 Å². The van der Waals surface area contributed by atoms with Crippen molar-refractivity contribution in [1.29, 1.82) is 0 Å². The SMILES string of the molecule is O=C(O)C1(F)CN(c2ncnc3[nH]c4ccccc4c23)CC12CCC2. The van der Waals surface area contributed by atoms with Crippen LogP contribution in [0.15, 0.2) is 30.6 Å². The molecule has 1 aliphatic carbocycles. The van der Waals surface area contributed by atoms with Crippen molar-refractivity contribution in [3.05, 3.63) is 30.6 Å². The molecule has 5 rings (SSSR count). The Morgan fingerprint density at radius 1 is 1.24 bits per heavy atom. The molecule has 1 saturated heterocycles. The van der Waals surface area contributed by atoms with Gasteiger partial charge in [0.2, 0.25) is 5.67 Å². The van der Waals surface area contributed by atoms with Gasteiger partial charge in [-0.05, 0) is 18.9 Å². The van der Waals surface area contributed by atoms with Crippen LogP contribution < -0.4 is 4.90 Å². The van der Waals surface area contributed by atoms with E-state index in [0.29, 0.717) is 30.9 Å². The summed E-state index contributed by atoms with van der Waals surface area (Å²) in [7, 11) is 0. The summed E-state index contributed by atoms with van der Waals surface area (Å²) in [5.74, 6) is -0.756. The van der Waals surface area contributed by atoms with Gasteiger partial charge in [-0.1, -0.05) is 24.6 Å². The van der Waals surface area contributed by atoms with Crippen molar-refractivity contribution >= 4 is 33.7 Å². The molecule has 1 aliphatic heterocycles. The van der Waals surface area contributed by atoms with E-state index in [-0.39, 0.29) is 6.54 Å². The second-order valence-corrected chi connectivity index (χ2v) is 7.19. The number of nitrogens with zero attached hydrogens (tertiary/aromatic N) is 3. The zero-order chi connectivity index (χ0) is 17.2. The number of para-hydroxylation sites is 1. The van der Waals surface area contributed by atoms with Crippen molar-refractivity contribution in [1.82, 2.24) is 15.0 Å². The number of H-pyrrole nitrogens is 1. The number of carboxylic acid groups (broad SMARTS) is 1. The van der Waals surface area contributed by atoms with Crippen LogP contribution in [0.5, 0.6) is 0 Å². The van der Waals surface area contributed by atoms with Gasteiger partial charge in [-0.3, -0.25) is 0 Å². The van der Waals surface area contributed by atoms with Crippen LogP contribution in [0.4, 0.5) is 10.2 Å². The van der Waals surface area contributed by atoms with Gasteiger partial charge < -0.3 is 15.0 Å². The summed E-state index contributed by atoms with van der Waals surface area (Å²) >= 11 is 0. The number of nitrogens with one attached hydrogen (secondary N) is 1. The predicted molar refractivity (Wildman–Crippen MR) is 91.4 cm³/mol. The lowest BCUT2D eigenvalue weighted by molar-refractivity contribution is -0.162. The van der Waals surface area contributed by atoms with Gasteiger partial charge in [0.05, 0.1) is 11.9 Å². The van der Waals surface area contributed by atoms with Crippen LogP contribution in [-0.4, -0.2) is 44.8 Å². The molecule has 128 valence electrons. The molecular formula is C18H17FN4O2. The molecule has 6 nitrogen and oxygen atoms in total. The van der Waals surface area contributed by atoms with Crippen LogP contribution in [-0.2, 0) is 4.79 Å². The predicted octanol–water partition coefficient (Wildman–Crippen LogP) is 2.89. The van der Waals surface area contributed by atoms with Gasteiger partial charge in [0.15, 0.2) is 0 Å². The van der Waals surface area contributed by atoms with Gasteiger partial charge in [-0.25, -0.2) is 19.2 Å². The van der Waals surface area contributed by atoms with Crippen molar-refractivity contribution in [2.24, 2.45) is 5.41 Å². The summed E-state index contributed by atoms with van der Waals surface area (Å²) in [4.78, 5) is 25.4. The van der Waals surface area contributed by atoms with Crippen LogP contribution >= 0.6 is 0 Å². The summed E-state index contributed by atoms with van der Waals surface area (Å²) in [5.41, 5.74) is -1.42. The highest BCUT2D eigenvalue weighted by Gasteiger charge is 2.66. The minimum atomic E-state index is -2.23. The maximum Gasteiger partial charge on any atom is 0.344 e. The average molecular weight is 340 g/mol. The smallest absolute Gasteiger partial charge is 0.344 e. The van der Waals surface area contributed by atoms with Crippen LogP contribution in [0, 0.1) is 5.41 Å². The van der Waals surface area contributed by atoms with Gasteiger partial charge in [0.25, 0.3) is 0 Å². The number of benzene rings is 1. The third-order valence-electron chi connectivity index (χ3n) is 5.97. The third kappa shape index (κ3) is 1.75. The van der Waals surface area contributed by atoms with Crippen molar-refractivity contribution in [2.45, 2.75) is 24.9 Å². The molecule has 1 aromatic carbocycles. The minimum absolute atomic E-state index is 0.173. The van der Waals surface area contributed by atoms with E-state index in [2.05, 4.69) is 15.0 Å². The molecule has 0 bridgehead atoms. The lowest BCUT2D eigenvalue weighted by atomic mass is 9.61. The van der Waals surface area contributed by atoms with E-state index in [1.165, 1.54) is 6.33 Å². The number of carbonyl (C=O) groups is 1. The summed E-state index contributed by atoms with van der Waals surface area (Å²) in [6.45, 7) is 0.204. The Balaban J connectivity index is 1.68. The Hall–Kier alpha value is -2.70. The minimum Gasteiger partial charge on any atom is -0.479 e. The fourth-order valence-electron chi connectivity index (χ4n) is 4.48. The van der Waals surface area contributed by atoms with Gasteiger partial charge >= 0.3 is 5.97 Å². The Bertz CT molecular complexity index is 1010. The van der Waals surface area contributed by atoms with E-state index in [4.69, 9.17) is 0 Å². The first-order valence-corrected chi connectivity index (χ1v) is 8.43. The van der Waals surface area contributed by atoms with Crippen LogP contribution in [0.1, 0.15) is 19.3 Å². The van der Waals surface area contributed by atoms with E-state index in [1.807, 2.05) is 24.3 Å². The monoisotopic (exact) mass is 340 g/mol. The Labute approximate surface area is 142 Å². The molecule has 2 N–H and O–H groups in total. The quantitative estimate of drug-likeness (QED) is 0.749. The van der Waals surface area contributed by atoms with Crippen molar-refractivity contribution in [2.75, 3.05) is 18.0 Å². The highest BCUT2D eigenvalue weighted by Crippen LogP contribution is 2.56. The third-order valence-corrected chi connectivity index (χ3v) is 5.97. The molecule has 1 spiro atoms. The fraction of sp³-hybridized carbons (Fsp3) is 0.389. The molecule has 1 atom stereocenters. The lowest BCUT2D eigenvalue weighted by Crippen LogP contribution is -2.53. The van der Waals surface area contributed by atoms with Gasteiger partial charge in [-0.15, -0.1) is 0 Å². The zero-order valence-electron chi connectivity index (χ0n) is 13.5. The number of halogens is 1. The van der Waals surface area contributed by atoms with E-state index in [0.717, 1.165) is 22.7 Å². The molecule has 3 aromatic rings. The molecule has 25 heavy (non-hydrogen) atoms. The normalized spacial score (nSPS) is 24.9. The standard InChI is InChI=1S/C18H17FN4O2/c19-18(16(24)25)9-23(8-17(18)6-3-7-17)15-13-11-4-1-2-5-12(11)22-14(13)20-10-21-15/h1-2,4-5,10H,3,6-9H2,(H,24,25)(H,20,21,22). The molecule has 0 amide bonds. The van der Waals surface area contributed by atoms with E-state index < -0.39 is 17.1 Å². The average Bonchev–Trinajstić information content (AvgIpc) is 3.10. The Morgan fingerprint density at radius 3 is 2.72 bits per heavy atom. The Morgan fingerprint density at radius 2 is 2.04 bits per heavy atom. The number of rotatable bonds is 2. The topological polar surface area (TPSA) is 82.1 Å². The van der Waals surface area contributed by atoms with E-state index >= 15 is 4.39 Å². The molecule has 1 saturated carbocycles. The summed E-state index contributed by atoms with van der Waals surface area (Å²) in [5, 5.41) is 11.3. The van der Waals surface area contributed by atoms with Crippen molar-refractivity contribution in [3.63, 3.8) is 0 Å². The maximum atomic E-state index is 15.4. The first-order valence-electron chi connectivity index (χ1n) is 8.43. The van der Waals surface area contributed by atoms with Crippen molar-refractivity contribution < 1.29 is 14.3 Å². The Kier molecular flexibility index (Phi) is 2.74. The summed E-state index contributed by atoms with van der Waals surface area (Å²) in [6.07, 6.45) is 3.53. The van der Waals surface area contributed by atoms with E-state index in [9.17, 15) is 9.90 Å². The van der Waals surface area contributed by atoms with Crippen LogP contribution in [0.2, 0.25) is 0 Å². The molecule has 2 fully saturated rings. The second-order valence-electron chi connectivity index (χ2n) is 7.19. The lowest BCUT2D eigenvalue weighted by Gasteiger charge is -2.43. The molecule has 7 heteroatoms. The number of alkyl halides is 1. The fourth-order valence-corrected chi connectivity index (χ4v) is 4.48. The molecule has 0 radical (unpaired) electrons. The summed E-state index contributed by atoms with van der Waals surface area (Å²) < 4.78 is 15.4. The first kappa shape index (κ1) is 14.6. The number of fused-ring (bicyclic) bond motifs is 3. The zero-order valence-corrected chi connectivity index (χ0v) is 13.5. The molecule has 2 aliphatic rings. The largest absolute Gasteiger partial charge is 0.479 e. The molecule has 3 heterocycles. The highest BCUT2D eigenvalue weighted by molar-refractivity contribution is 6.11. The number of anilines is 1. The number of hydrogen-bond donors (Lipinski definition) is 2. The molecule has 2 aromatic heterocycles. The maximum absolute atomic E-state index is 15.4.